The molecule has 4 nitrogen and oxygen atoms in total. The number of aromatic amines is 1. The van der Waals surface area contributed by atoms with Crippen molar-refractivity contribution >= 4 is 16.9 Å². The zero-order valence-corrected chi connectivity index (χ0v) is 12.3. The average Bonchev–Trinajstić information content (AvgIpc) is 2.79. The van der Waals surface area contributed by atoms with E-state index in [0.717, 1.165) is 19.4 Å². The molecule has 0 saturated carbocycles. The van der Waals surface area contributed by atoms with E-state index in [-0.39, 0.29) is 12.0 Å². The van der Waals surface area contributed by atoms with Gasteiger partial charge in [0.1, 0.15) is 6.04 Å². The number of nitrogens with one attached hydrogen (secondary N) is 2. The maximum Gasteiger partial charge on any atom is 0.322 e. The first-order valence-corrected chi connectivity index (χ1v) is 7.04. The van der Waals surface area contributed by atoms with Gasteiger partial charge in [0.25, 0.3) is 0 Å². The van der Waals surface area contributed by atoms with Crippen LogP contribution >= 0.6 is 0 Å². The maximum absolute atomic E-state index is 11.5. The zero-order chi connectivity index (χ0) is 14.5. The first-order valence-electron chi connectivity index (χ1n) is 7.04. The van der Waals surface area contributed by atoms with Crippen molar-refractivity contribution in [3.63, 3.8) is 0 Å². The Kier molecular flexibility index (Phi) is 4.79. The van der Waals surface area contributed by atoms with E-state index < -0.39 is 0 Å². The normalized spacial score (nSPS) is 12.6. The number of para-hydroxylation sites is 1. The second-order valence-electron chi connectivity index (χ2n) is 4.96. The molecule has 4 heteroatoms. The summed E-state index contributed by atoms with van der Waals surface area (Å²) < 4.78 is 4.78. The summed E-state index contributed by atoms with van der Waals surface area (Å²) in [6.45, 7) is 4.83. The van der Waals surface area contributed by atoms with Crippen molar-refractivity contribution in [3.8, 4) is 0 Å². The quantitative estimate of drug-likeness (QED) is 0.796. The van der Waals surface area contributed by atoms with E-state index in [9.17, 15) is 4.79 Å². The van der Waals surface area contributed by atoms with Gasteiger partial charge in [0.2, 0.25) is 0 Å². The summed E-state index contributed by atoms with van der Waals surface area (Å²) in [5, 5.41) is 4.52. The van der Waals surface area contributed by atoms with Crippen LogP contribution in [-0.4, -0.2) is 30.6 Å². The molecule has 20 heavy (non-hydrogen) atoms. The molecule has 0 spiro atoms. The number of carbonyl (C=O) groups is 1. The van der Waals surface area contributed by atoms with Gasteiger partial charge in [-0.05, 0) is 31.4 Å². The summed E-state index contributed by atoms with van der Waals surface area (Å²) >= 11 is 0. The number of hydrogen-bond acceptors (Lipinski definition) is 3. The molecule has 0 fully saturated rings. The van der Waals surface area contributed by atoms with Gasteiger partial charge in [0, 0.05) is 23.1 Å². The van der Waals surface area contributed by atoms with E-state index in [1.165, 1.54) is 29.3 Å². The molecule has 1 aromatic carbocycles. The Morgan fingerprint density at radius 3 is 2.85 bits per heavy atom. The first kappa shape index (κ1) is 14.6. The number of carbonyl (C=O) groups excluding carboxylic acids is 1. The number of methoxy groups -OCH3 is 1. The van der Waals surface area contributed by atoms with Crippen LogP contribution in [0.3, 0.4) is 0 Å². The fourth-order valence-corrected chi connectivity index (χ4v) is 2.56. The molecule has 0 aliphatic heterocycles. The largest absolute Gasteiger partial charge is 0.468 e. The van der Waals surface area contributed by atoms with E-state index in [2.05, 4.69) is 35.4 Å². The average molecular weight is 274 g/mol. The molecule has 2 N–H and O–H groups in total. The third kappa shape index (κ3) is 3.02. The Bertz CT molecular complexity index is 589. The third-order valence-electron chi connectivity index (χ3n) is 3.69. The molecule has 1 atom stereocenters. The SMILES string of the molecule is CC[C@@H](NCCc1c(C)[nH]c2ccccc12)C(=O)OC. The molecule has 0 aliphatic carbocycles. The molecule has 108 valence electrons. The van der Waals surface area contributed by atoms with Gasteiger partial charge in [0.05, 0.1) is 7.11 Å². The Labute approximate surface area is 119 Å². The first-order chi connectivity index (χ1) is 9.67. The summed E-state index contributed by atoms with van der Waals surface area (Å²) in [6, 6.07) is 8.08. The molecule has 0 saturated heterocycles. The summed E-state index contributed by atoms with van der Waals surface area (Å²) in [5.41, 5.74) is 3.67. The van der Waals surface area contributed by atoms with Crippen molar-refractivity contribution in [1.29, 1.82) is 0 Å². The fourth-order valence-electron chi connectivity index (χ4n) is 2.56. The number of aromatic nitrogens is 1. The zero-order valence-electron chi connectivity index (χ0n) is 12.3. The van der Waals surface area contributed by atoms with E-state index in [0.29, 0.717) is 0 Å². The highest BCUT2D eigenvalue weighted by Gasteiger charge is 2.16. The molecule has 0 amide bonds. The molecule has 0 radical (unpaired) electrons. The van der Waals surface area contributed by atoms with Gasteiger partial charge in [-0.15, -0.1) is 0 Å². The van der Waals surface area contributed by atoms with Gasteiger partial charge < -0.3 is 15.0 Å². The second kappa shape index (κ2) is 6.57. The van der Waals surface area contributed by atoms with Gasteiger partial charge in [-0.25, -0.2) is 0 Å². The standard InChI is InChI=1S/C16H22N2O2/c1-4-14(16(19)20-3)17-10-9-12-11(2)18-15-8-6-5-7-13(12)15/h5-8,14,17-18H,4,9-10H2,1-3H3/t14-/m1/s1. The topological polar surface area (TPSA) is 54.1 Å². The van der Waals surface area contributed by atoms with Crippen molar-refractivity contribution in [2.24, 2.45) is 0 Å². The van der Waals surface area contributed by atoms with E-state index in [1.807, 2.05) is 13.0 Å². The van der Waals surface area contributed by atoms with Crippen molar-refractivity contribution in [2.75, 3.05) is 13.7 Å². The number of hydrogen-bond donors (Lipinski definition) is 2. The van der Waals surface area contributed by atoms with Gasteiger partial charge in [0.15, 0.2) is 0 Å². The number of rotatable bonds is 6. The maximum atomic E-state index is 11.5. The highest BCUT2D eigenvalue weighted by molar-refractivity contribution is 5.84. The lowest BCUT2D eigenvalue weighted by Gasteiger charge is -2.14. The molecule has 2 aromatic rings. The van der Waals surface area contributed by atoms with Gasteiger partial charge in [-0.1, -0.05) is 25.1 Å². The molecular weight excluding hydrogens is 252 g/mol. The van der Waals surface area contributed by atoms with Crippen molar-refractivity contribution in [2.45, 2.75) is 32.7 Å². The lowest BCUT2D eigenvalue weighted by Crippen LogP contribution is -2.38. The number of aryl methyl sites for hydroxylation is 1. The van der Waals surface area contributed by atoms with Crippen LogP contribution in [0.5, 0.6) is 0 Å². The minimum absolute atomic E-state index is 0.192. The van der Waals surface area contributed by atoms with Crippen LogP contribution in [0.2, 0.25) is 0 Å². The smallest absolute Gasteiger partial charge is 0.322 e. The Morgan fingerprint density at radius 1 is 1.40 bits per heavy atom. The minimum atomic E-state index is -0.217. The Balaban J connectivity index is 2.02. The lowest BCUT2D eigenvalue weighted by atomic mass is 10.1. The highest BCUT2D eigenvalue weighted by atomic mass is 16.5. The van der Waals surface area contributed by atoms with Crippen LogP contribution in [0.1, 0.15) is 24.6 Å². The summed E-state index contributed by atoms with van der Waals surface area (Å²) in [7, 11) is 1.43. The number of esters is 1. The minimum Gasteiger partial charge on any atom is -0.468 e. The predicted octanol–water partition coefficient (Wildman–Crippen LogP) is 2.56. The van der Waals surface area contributed by atoms with Crippen LogP contribution in [0.4, 0.5) is 0 Å². The molecule has 1 aromatic heterocycles. The van der Waals surface area contributed by atoms with Crippen LogP contribution < -0.4 is 5.32 Å². The van der Waals surface area contributed by atoms with Crippen molar-refractivity contribution < 1.29 is 9.53 Å². The van der Waals surface area contributed by atoms with Gasteiger partial charge in [-0.3, -0.25) is 4.79 Å². The number of ether oxygens (including phenoxy) is 1. The summed E-state index contributed by atoms with van der Waals surface area (Å²) in [6.07, 6.45) is 1.63. The van der Waals surface area contributed by atoms with Crippen LogP contribution in [0.15, 0.2) is 24.3 Å². The molecule has 0 bridgehead atoms. The van der Waals surface area contributed by atoms with E-state index in [4.69, 9.17) is 4.74 Å². The second-order valence-corrected chi connectivity index (χ2v) is 4.96. The highest BCUT2D eigenvalue weighted by Crippen LogP contribution is 2.21. The van der Waals surface area contributed by atoms with Crippen molar-refractivity contribution in [1.82, 2.24) is 10.3 Å². The monoisotopic (exact) mass is 274 g/mol. The van der Waals surface area contributed by atoms with Crippen LogP contribution in [0.25, 0.3) is 10.9 Å². The Hall–Kier alpha value is -1.81. The number of fused-ring (bicyclic) bond motifs is 1. The fraction of sp³-hybridized carbons (Fsp3) is 0.438. The van der Waals surface area contributed by atoms with Gasteiger partial charge >= 0.3 is 5.97 Å². The third-order valence-corrected chi connectivity index (χ3v) is 3.69. The van der Waals surface area contributed by atoms with Crippen LogP contribution in [0, 0.1) is 6.92 Å². The van der Waals surface area contributed by atoms with Crippen LogP contribution in [-0.2, 0) is 16.0 Å². The molecule has 2 rings (SSSR count). The summed E-state index contributed by atoms with van der Waals surface area (Å²) in [4.78, 5) is 14.9. The molecule has 0 unspecified atom stereocenters. The molecule has 1 heterocycles. The summed E-state index contributed by atoms with van der Waals surface area (Å²) in [5.74, 6) is -0.192. The van der Waals surface area contributed by atoms with Gasteiger partial charge in [-0.2, -0.15) is 0 Å². The van der Waals surface area contributed by atoms with E-state index >= 15 is 0 Å². The molecular formula is C16H22N2O2. The Morgan fingerprint density at radius 2 is 2.15 bits per heavy atom. The van der Waals surface area contributed by atoms with Crippen molar-refractivity contribution in [3.05, 3.63) is 35.5 Å². The number of benzene rings is 1. The lowest BCUT2D eigenvalue weighted by molar-refractivity contribution is -0.143. The number of H-pyrrole nitrogens is 1. The molecule has 0 aliphatic rings. The predicted molar refractivity (Wildman–Crippen MR) is 80.8 cm³/mol. The van der Waals surface area contributed by atoms with E-state index in [1.54, 1.807) is 0 Å².